The van der Waals surface area contributed by atoms with Gasteiger partial charge >= 0.3 is 0 Å². The Labute approximate surface area is 120 Å². The van der Waals surface area contributed by atoms with Gasteiger partial charge in [-0.05, 0) is 37.9 Å². The first-order valence-electron chi connectivity index (χ1n) is 7.31. The number of hydrogen-bond donors (Lipinski definition) is 1. The van der Waals surface area contributed by atoms with Crippen LogP contribution < -0.4 is 5.32 Å². The van der Waals surface area contributed by atoms with E-state index in [0.29, 0.717) is 11.6 Å². The van der Waals surface area contributed by atoms with Crippen LogP contribution in [0.4, 0.5) is 0 Å². The molecular weight excluding hydrogens is 260 g/mol. The van der Waals surface area contributed by atoms with Crippen LogP contribution in [0.1, 0.15) is 52.9 Å². The van der Waals surface area contributed by atoms with Crippen molar-refractivity contribution in [2.45, 2.75) is 69.7 Å². The molecule has 1 heterocycles. The molecule has 0 aromatic heterocycles. The van der Waals surface area contributed by atoms with Gasteiger partial charge in [0.2, 0.25) is 0 Å². The zero-order valence-corrected chi connectivity index (χ0v) is 13.5. The molecule has 2 nitrogen and oxygen atoms in total. The summed E-state index contributed by atoms with van der Waals surface area (Å²) in [6.07, 6.45) is 6.34. The number of aliphatic imine (C=N–C) groups is 1. The molecule has 2 fully saturated rings. The molecule has 1 aliphatic heterocycles. The van der Waals surface area contributed by atoms with Gasteiger partial charge in [-0.15, -0.1) is 0 Å². The van der Waals surface area contributed by atoms with Gasteiger partial charge in [0.1, 0.15) is 0 Å². The fourth-order valence-corrected chi connectivity index (χ4v) is 5.33. The van der Waals surface area contributed by atoms with Crippen LogP contribution in [0.25, 0.3) is 0 Å². The van der Waals surface area contributed by atoms with Crippen LogP contribution in [0.3, 0.4) is 0 Å². The molecule has 0 aromatic carbocycles. The minimum atomic E-state index is 0.319. The molecule has 2 unspecified atom stereocenters. The number of nitrogens with one attached hydrogen (secondary N) is 1. The Morgan fingerprint density at radius 3 is 2.72 bits per heavy atom. The SMILES string of the molecule is CCSC1CCC(N=C2NC(CC)(CC)CS2)C1. The van der Waals surface area contributed by atoms with Gasteiger partial charge in [-0.1, -0.05) is 32.5 Å². The molecule has 2 aliphatic rings. The van der Waals surface area contributed by atoms with Crippen LogP contribution in [0.5, 0.6) is 0 Å². The summed E-state index contributed by atoms with van der Waals surface area (Å²) in [6.45, 7) is 6.82. The van der Waals surface area contributed by atoms with Crippen LogP contribution in [-0.4, -0.2) is 33.5 Å². The normalized spacial score (nSPS) is 32.9. The zero-order valence-electron chi connectivity index (χ0n) is 11.9. The van der Waals surface area contributed by atoms with Crippen molar-refractivity contribution < 1.29 is 0 Å². The quantitative estimate of drug-likeness (QED) is 0.829. The van der Waals surface area contributed by atoms with Gasteiger partial charge in [-0.25, -0.2) is 0 Å². The minimum Gasteiger partial charge on any atom is -0.359 e. The molecule has 0 spiro atoms. The molecule has 0 aromatic rings. The average Bonchev–Trinajstić information content (AvgIpc) is 2.98. The molecule has 1 N–H and O–H groups in total. The smallest absolute Gasteiger partial charge is 0.157 e. The maximum atomic E-state index is 4.95. The highest BCUT2D eigenvalue weighted by Crippen LogP contribution is 2.34. The first kappa shape index (κ1) is 14.6. The van der Waals surface area contributed by atoms with Gasteiger partial charge < -0.3 is 5.32 Å². The van der Waals surface area contributed by atoms with E-state index in [1.807, 2.05) is 11.8 Å². The summed E-state index contributed by atoms with van der Waals surface area (Å²) in [4.78, 5) is 4.95. The first-order chi connectivity index (χ1) is 8.71. The molecule has 0 bridgehead atoms. The van der Waals surface area contributed by atoms with E-state index in [1.165, 1.54) is 48.8 Å². The topological polar surface area (TPSA) is 24.4 Å². The van der Waals surface area contributed by atoms with Gasteiger partial charge in [0, 0.05) is 16.5 Å². The van der Waals surface area contributed by atoms with Crippen molar-refractivity contribution in [2.75, 3.05) is 11.5 Å². The van der Waals surface area contributed by atoms with E-state index in [0.717, 1.165) is 5.25 Å². The molecule has 4 heteroatoms. The third-order valence-corrected chi connectivity index (χ3v) is 6.68. The predicted octanol–water partition coefficient (Wildman–Crippen LogP) is 3.91. The second-order valence-corrected chi connectivity index (χ2v) is 7.92. The van der Waals surface area contributed by atoms with Crippen LogP contribution in [0.2, 0.25) is 0 Å². The van der Waals surface area contributed by atoms with Gasteiger partial charge in [0.25, 0.3) is 0 Å². The molecule has 0 amide bonds. The first-order valence-corrected chi connectivity index (χ1v) is 9.35. The summed E-state index contributed by atoms with van der Waals surface area (Å²) < 4.78 is 0. The Morgan fingerprint density at radius 2 is 2.11 bits per heavy atom. The summed E-state index contributed by atoms with van der Waals surface area (Å²) in [6, 6.07) is 0.577. The summed E-state index contributed by atoms with van der Waals surface area (Å²) in [7, 11) is 0. The van der Waals surface area contributed by atoms with Gasteiger partial charge in [-0.3, -0.25) is 4.99 Å². The highest BCUT2D eigenvalue weighted by atomic mass is 32.2. The lowest BCUT2D eigenvalue weighted by molar-refractivity contribution is 0.407. The van der Waals surface area contributed by atoms with Crippen LogP contribution >= 0.6 is 23.5 Å². The average molecular weight is 287 g/mol. The van der Waals surface area contributed by atoms with E-state index >= 15 is 0 Å². The van der Waals surface area contributed by atoms with Gasteiger partial charge in [-0.2, -0.15) is 11.8 Å². The molecule has 1 saturated carbocycles. The maximum absolute atomic E-state index is 4.95. The summed E-state index contributed by atoms with van der Waals surface area (Å²) >= 11 is 4.04. The second kappa shape index (κ2) is 6.56. The van der Waals surface area contributed by atoms with Gasteiger partial charge in [0.15, 0.2) is 5.17 Å². The van der Waals surface area contributed by atoms with Crippen molar-refractivity contribution in [2.24, 2.45) is 4.99 Å². The molecule has 104 valence electrons. The van der Waals surface area contributed by atoms with E-state index < -0.39 is 0 Å². The monoisotopic (exact) mass is 286 g/mol. The van der Waals surface area contributed by atoms with Gasteiger partial charge in [0.05, 0.1) is 6.04 Å². The highest BCUT2D eigenvalue weighted by molar-refractivity contribution is 8.14. The number of nitrogens with zero attached hydrogens (tertiary/aromatic N) is 1. The Hall–Kier alpha value is 0.170. The van der Waals surface area contributed by atoms with Crippen molar-refractivity contribution >= 4 is 28.7 Å². The molecular formula is C14H26N2S2. The Morgan fingerprint density at radius 1 is 1.33 bits per heavy atom. The second-order valence-electron chi connectivity index (χ2n) is 5.38. The van der Waals surface area contributed by atoms with Crippen LogP contribution in [0, 0.1) is 0 Å². The van der Waals surface area contributed by atoms with E-state index in [2.05, 4.69) is 37.8 Å². The van der Waals surface area contributed by atoms with Crippen molar-refractivity contribution in [3.8, 4) is 0 Å². The number of rotatable bonds is 5. The van der Waals surface area contributed by atoms with E-state index in [1.54, 1.807) is 0 Å². The van der Waals surface area contributed by atoms with E-state index in [-0.39, 0.29) is 0 Å². The maximum Gasteiger partial charge on any atom is 0.157 e. The largest absolute Gasteiger partial charge is 0.359 e. The molecule has 1 aliphatic carbocycles. The lowest BCUT2D eigenvalue weighted by Gasteiger charge is -2.25. The van der Waals surface area contributed by atoms with E-state index in [9.17, 15) is 0 Å². The summed E-state index contributed by atoms with van der Waals surface area (Å²) in [5.41, 5.74) is 0.319. The zero-order chi connectivity index (χ0) is 13.0. The van der Waals surface area contributed by atoms with Crippen LogP contribution in [-0.2, 0) is 0 Å². The van der Waals surface area contributed by atoms with Crippen molar-refractivity contribution in [1.29, 1.82) is 0 Å². The molecule has 0 radical (unpaired) electrons. The predicted molar refractivity (Wildman–Crippen MR) is 85.9 cm³/mol. The Balaban J connectivity index is 1.88. The fourth-order valence-electron chi connectivity index (χ4n) is 2.79. The summed E-state index contributed by atoms with van der Waals surface area (Å²) in [5, 5.41) is 5.76. The number of amidine groups is 1. The van der Waals surface area contributed by atoms with Crippen LogP contribution in [0.15, 0.2) is 4.99 Å². The number of hydrogen-bond acceptors (Lipinski definition) is 3. The minimum absolute atomic E-state index is 0.319. The van der Waals surface area contributed by atoms with Crippen molar-refractivity contribution in [1.82, 2.24) is 5.32 Å². The molecule has 1 saturated heterocycles. The summed E-state index contributed by atoms with van der Waals surface area (Å²) in [5.74, 6) is 2.44. The Kier molecular flexibility index (Phi) is 5.31. The highest BCUT2D eigenvalue weighted by Gasteiger charge is 2.34. The lowest BCUT2D eigenvalue weighted by atomic mass is 9.96. The number of thioether (sulfide) groups is 2. The third-order valence-electron chi connectivity index (χ3n) is 4.27. The lowest BCUT2D eigenvalue weighted by Crippen LogP contribution is -2.42. The fraction of sp³-hybridized carbons (Fsp3) is 0.929. The third kappa shape index (κ3) is 3.38. The van der Waals surface area contributed by atoms with E-state index in [4.69, 9.17) is 4.99 Å². The standard InChI is InChI=1S/C14H26N2S2/c1-4-14(5-2)10-18-13(16-14)15-11-7-8-12(9-11)17-6-3/h11-12H,4-10H2,1-3H3,(H,15,16). The van der Waals surface area contributed by atoms with Crippen molar-refractivity contribution in [3.05, 3.63) is 0 Å². The molecule has 2 atom stereocenters. The van der Waals surface area contributed by atoms with Crippen molar-refractivity contribution in [3.63, 3.8) is 0 Å². The molecule has 18 heavy (non-hydrogen) atoms. The molecule has 2 rings (SSSR count). The Bertz CT molecular complexity index is 300.